The summed E-state index contributed by atoms with van der Waals surface area (Å²) in [7, 11) is -3.68. The van der Waals surface area contributed by atoms with Crippen LogP contribution in [0, 0.1) is 0 Å². The molecule has 0 saturated heterocycles. The summed E-state index contributed by atoms with van der Waals surface area (Å²) >= 11 is 1.09. The highest BCUT2D eigenvalue weighted by molar-refractivity contribution is 7.94. The summed E-state index contributed by atoms with van der Waals surface area (Å²) < 4.78 is 36.4. The molecule has 0 aliphatic carbocycles. The predicted molar refractivity (Wildman–Crippen MR) is 67.1 cm³/mol. The second-order valence-corrected chi connectivity index (χ2v) is 6.28. The normalized spacial score (nSPS) is 11.6. The van der Waals surface area contributed by atoms with E-state index in [-0.39, 0.29) is 16.1 Å². The first kappa shape index (κ1) is 11.9. The number of thiophene rings is 1. The summed E-state index contributed by atoms with van der Waals surface area (Å²) in [6.07, 6.45) is 1.45. The van der Waals surface area contributed by atoms with Crippen LogP contribution in [0.25, 0.3) is 11.7 Å². The van der Waals surface area contributed by atoms with Crippen LogP contribution in [0.2, 0.25) is 0 Å². The van der Waals surface area contributed by atoms with Crippen molar-refractivity contribution < 1.29 is 17.3 Å². The molecule has 3 rings (SSSR count). The number of anilines is 1. The van der Waals surface area contributed by atoms with Crippen molar-refractivity contribution in [1.29, 1.82) is 0 Å². The Hall–Kier alpha value is -2.13. The van der Waals surface area contributed by atoms with E-state index in [0.717, 1.165) is 11.3 Å². The van der Waals surface area contributed by atoms with Gasteiger partial charge in [-0.25, -0.2) is 13.1 Å². The van der Waals surface area contributed by atoms with Gasteiger partial charge in [-0.2, -0.15) is 0 Å². The molecule has 0 radical (unpaired) electrons. The van der Waals surface area contributed by atoms with Gasteiger partial charge in [0.25, 0.3) is 15.9 Å². The maximum atomic E-state index is 11.9. The maximum Gasteiger partial charge on any atom is 0.330 e. The molecule has 19 heavy (non-hydrogen) atoms. The molecular weight excluding hydrogens is 290 g/mol. The van der Waals surface area contributed by atoms with Crippen molar-refractivity contribution in [3.63, 3.8) is 0 Å². The van der Waals surface area contributed by atoms with Crippen LogP contribution < -0.4 is 4.72 Å². The third-order valence-corrected chi connectivity index (χ3v) is 4.86. The number of sulfonamides is 1. The Morgan fingerprint density at radius 2 is 2.11 bits per heavy atom. The molecule has 0 aliphatic rings. The van der Waals surface area contributed by atoms with Gasteiger partial charge in [-0.3, -0.25) is 0 Å². The molecule has 9 heteroatoms. The first-order valence-electron chi connectivity index (χ1n) is 5.09. The SMILES string of the molecule is O=S(=O)(Nc1nnc(-c2ccco2)o1)c1cccs1. The fraction of sp³-hybridized carbons (Fsp3) is 0. The lowest BCUT2D eigenvalue weighted by atomic mass is 10.5. The molecule has 0 unspecified atom stereocenters. The van der Waals surface area contributed by atoms with E-state index in [1.54, 1.807) is 23.6 Å². The Kier molecular flexibility index (Phi) is 2.84. The average Bonchev–Trinajstić information content (AvgIpc) is 3.11. The molecule has 3 aromatic rings. The Labute approximate surface area is 111 Å². The maximum absolute atomic E-state index is 11.9. The van der Waals surface area contributed by atoms with E-state index in [4.69, 9.17) is 8.83 Å². The van der Waals surface area contributed by atoms with Gasteiger partial charge in [-0.15, -0.1) is 16.4 Å². The molecule has 0 fully saturated rings. The first-order valence-corrected chi connectivity index (χ1v) is 7.45. The Bertz CT molecular complexity index is 760. The highest BCUT2D eigenvalue weighted by Crippen LogP contribution is 2.23. The summed E-state index contributed by atoms with van der Waals surface area (Å²) in [6, 6.07) is 6.21. The molecule has 98 valence electrons. The van der Waals surface area contributed by atoms with E-state index in [1.807, 2.05) is 0 Å². The molecule has 1 N–H and O–H groups in total. The van der Waals surface area contributed by atoms with Gasteiger partial charge in [-0.1, -0.05) is 11.2 Å². The molecule has 0 saturated carbocycles. The van der Waals surface area contributed by atoms with Crippen molar-refractivity contribution in [3.8, 4) is 11.7 Å². The number of furan rings is 1. The fourth-order valence-corrected chi connectivity index (χ4v) is 3.26. The minimum Gasteiger partial charge on any atom is -0.459 e. The standard InChI is InChI=1S/C10H7N3O4S2/c14-19(15,8-4-2-6-18-8)13-10-12-11-9(17-10)7-3-1-5-16-7/h1-6H,(H,12,13). The van der Waals surface area contributed by atoms with E-state index < -0.39 is 10.0 Å². The molecule has 0 atom stereocenters. The Morgan fingerprint density at radius 1 is 1.21 bits per heavy atom. The van der Waals surface area contributed by atoms with Crippen LogP contribution in [0.15, 0.2) is 49.0 Å². The zero-order valence-electron chi connectivity index (χ0n) is 9.31. The number of hydrogen-bond acceptors (Lipinski definition) is 7. The van der Waals surface area contributed by atoms with Crippen molar-refractivity contribution in [2.24, 2.45) is 0 Å². The molecule has 3 heterocycles. The van der Waals surface area contributed by atoms with Crippen LogP contribution in [-0.2, 0) is 10.0 Å². The largest absolute Gasteiger partial charge is 0.459 e. The molecule has 3 aromatic heterocycles. The highest BCUT2D eigenvalue weighted by Gasteiger charge is 2.19. The quantitative estimate of drug-likeness (QED) is 0.792. The van der Waals surface area contributed by atoms with Gasteiger partial charge in [0.05, 0.1) is 6.26 Å². The molecule has 0 aromatic carbocycles. The van der Waals surface area contributed by atoms with Crippen molar-refractivity contribution in [2.45, 2.75) is 4.21 Å². The number of rotatable bonds is 4. The van der Waals surface area contributed by atoms with Gasteiger partial charge in [0, 0.05) is 0 Å². The van der Waals surface area contributed by atoms with E-state index in [1.165, 1.54) is 12.3 Å². The van der Waals surface area contributed by atoms with Crippen molar-refractivity contribution in [1.82, 2.24) is 10.2 Å². The van der Waals surface area contributed by atoms with Crippen LogP contribution in [0.5, 0.6) is 0 Å². The first-order chi connectivity index (χ1) is 9.15. The van der Waals surface area contributed by atoms with Crippen LogP contribution in [0.4, 0.5) is 6.01 Å². The second-order valence-electron chi connectivity index (χ2n) is 3.43. The summed E-state index contributed by atoms with van der Waals surface area (Å²) in [5, 5.41) is 8.96. The predicted octanol–water partition coefficient (Wildman–Crippen LogP) is 2.19. The lowest BCUT2D eigenvalue weighted by molar-refractivity contribution is 0.524. The molecule has 0 amide bonds. The third-order valence-electron chi connectivity index (χ3n) is 2.14. The molecule has 0 bridgehead atoms. The van der Waals surface area contributed by atoms with Crippen LogP contribution in [0.3, 0.4) is 0 Å². The molecule has 0 spiro atoms. The zero-order valence-corrected chi connectivity index (χ0v) is 10.9. The third kappa shape index (κ3) is 2.37. The van der Waals surface area contributed by atoms with E-state index in [0.29, 0.717) is 5.76 Å². The van der Waals surface area contributed by atoms with Gasteiger partial charge in [0.15, 0.2) is 5.76 Å². The van der Waals surface area contributed by atoms with Crippen LogP contribution >= 0.6 is 11.3 Å². The van der Waals surface area contributed by atoms with Crippen LogP contribution in [-0.4, -0.2) is 18.6 Å². The van der Waals surface area contributed by atoms with Gasteiger partial charge < -0.3 is 8.83 Å². The average molecular weight is 297 g/mol. The lowest BCUT2D eigenvalue weighted by Gasteiger charge is -1.99. The van der Waals surface area contributed by atoms with E-state index in [2.05, 4.69) is 14.9 Å². The minimum absolute atomic E-state index is 0.105. The Morgan fingerprint density at radius 3 is 2.79 bits per heavy atom. The summed E-state index contributed by atoms with van der Waals surface area (Å²) in [5.41, 5.74) is 0. The monoisotopic (exact) mass is 297 g/mol. The minimum atomic E-state index is -3.68. The number of nitrogens with one attached hydrogen (secondary N) is 1. The van der Waals surface area contributed by atoms with E-state index in [9.17, 15) is 8.42 Å². The van der Waals surface area contributed by atoms with Gasteiger partial charge in [0.1, 0.15) is 4.21 Å². The van der Waals surface area contributed by atoms with Crippen molar-refractivity contribution in [2.75, 3.05) is 4.72 Å². The van der Waals surface area contributed by atoms with Crippen LogP contribution in [0.1, 0.15) is 0 Å². The smallest absolute Gasteiger partial charge is 0.330 e. The Balaban J connectivity index is 1.85. The topological polar surface area (TPSA) is 98.2 Å². The number of aromatic nitrogens is 2. The highest BCUT2D eigenvalue weighted by atomic mass is 32.2. The van der Waals surface area contributed by atoms with Crippen molar-refractivity contribution >= 4 is 27.4 Å². The lowest BCUT2D eigenvalue weighted by Crippen LogP contribution is -2.11. The second kappa shape index (κ2) is 4.52. The summed E-state index contributed by atoms with van der Waals surface area (Å²) in [4.78, 5) is 0. The molecular formula is C10H7N3O4S2. The van der Waals surface area contributed by atoms with Gasteiger partial charge >= 0.3 is 6.01 Å². The number of nitrogens with zero attached hydrogens (tertiary/aromatic N) is 2. The van der Waals surface area contributed by atoms with Crippen molar-refractivity contribution in [3.05, 3.63) is 35.9 Å². The zero-order chi connectivity index (χ0) is 13.3. The molecule has 7 nitrogen and oxygen atoms in total. The number of hydrogen-bond donors (Lipinski definition) is 1. The molecule has 0 aliphatic heterocycles. The summed E-state index contributed by atoms with van der Waals surface area (Å²) in [6.45, 7) is 0. The van der Waals surface area contributed by atoms with E-state index >= 15 is 0 Å². The summed E-state index contributed by atoms with van der Waals surface area (Å²) in [5.74, 6) is 0.475. The fourth-order valence-electron chi connectivity index (χ4n) is 1.35. The van der Waals surface area contributed by atoms with Gasteiger partial charge in [-0.05, 0) is 23.6 Å². The van der Waals surface area contributed by atoms with Gasteiger partial charge in [0.2, 0.25) is 0 Å².